The lowest BCUT2D eigenvalue weighted by atomic mass is 10.1. The van der Waals surface area contributed by atoms with Gasteiger partial charge in [0.2, 0.25) is 15.9 Å². The molecule has 0 bridgehead atoms. The minimum atomic E-state index is -3.69. The van der Waals surface area contributed by atoms with Gasteiger partial charge in [-0.1, -0.05) is 60.7 Å². The van der Waals surface area contributed by atoms with Crippen molar-refractivity contribution in [3.63, 3.8) is 0 Å². The van der Waals surface area contributed by atoms with Crippen molar-refractivity contribution in [3.8, 4) is 0 Å². The number of rotatable bonds is 7. The molecule has 4 aromatic carbocycles. The van der Waals surface area contributed by atoms with Crippen LogP contribution in [0.15, 0.2) is 102 Å². The van der Waals surface area contributed by atoms with Crippen LogP contribution in [0.1, 0.15) is 29.1 Å². The first kappa shape index (κ1) is 27.6. The van der Waals surface area contributed by atoms with E-state index in [1.807, 2.05) is 72.2 Å². The second kappa shape index (κ2) is 11.4. The molecule has 1 saturated heterocycles. The second-order valence-electron chi connectivity index (χ2n) is 10.4. The zero-order valence-electron chi connectivity index (χ0n) is 23.2. The lowest BCUT2D eigenvalue weighted by Crippen LogP contribution is -2.51. The Morgan fingerprint density at radius 1 is 0.833 bits per heavy atom. The summed E-state index contributed by atoms with van der Waals surface area (Å²) in [6, 6.07) is 28.8. The third kappa shape index (κ3) is 5.38. The van der Waals surface area contributed by atoms with Crippen LogP contribution in [-0.2, 0) is 21.4 Å². The van der Waals surface area contributed by atoms with Gasteiger partial charge in [-0.15, -0.1) is 0 Å². The van der Waals surface area contributed by atoms with Gasteiger partial charge in [0.1, 0.15) is 12.4 Å². The Labute approximate surface area is 244 Å². The average molecular weight is 582 g/mol. The molecular weight excluding hydrogens is 550 g/mol. The molecule has 0 aliphatic carbocycles. The summed E-state index contributed by atoms with van der Waals surface area (Å²) in [7, 11) is -3.69. The van der Waals surface area contributed by atoms with Crippen LogP contribution in [0.3, 0.4) is 0 Å². The van der Waals surface area contributed by atoms with Crippen LogP contribution in [0.4, 0.5) is 0 Å². The SMILES string of the molecule is C[C@@H](NC(=O)c1ccccc1)c1nc2ccccc2n1CC(=O)N1CCN(S(=O)(=O)c2ccc3ccccc3c2)CC1. The topological polar surface area (TPSA) is 105 Å². The summed E-state index contributed by atoms with van der Waals surface area (Å²) in [5, 5.41) is 4.84. The van der Waals surface area contributed by atoms with E-state index in [2.05, 4.69) is 5.32 Å². The number of hydrogen-bond donors (Lipinski definition) is 1. The summed E-state index contributed by atoms with van der Waals surface area (Å²) < 4.78 is 30.1. The maximum atomic E-state index is 13.5. The number of aromatic nitrogens is 2. The Hall–Kier alpha value is -4.54. The van der Waals surface area contributed by atoms with Gasteiger partial charge in [-0.2, -0.15) is 4.31 Å². The van der Waals surface area contributed by atoms with Crippen molar-refractivity contribution < 1.29 is 18.0 Å². The molecule has 6 rings (SSSR count). The monoisotopic (exact) mass is 581 g/mol. The summed E-state index contributed by atoms with van der Waals surface area (Å²) >= 11 is 0. The molecule has 0 unspecified atom stereocenters. The van der Waals surface area contributed by atoms with Crippen LogP contribution in [0.2, 0.25) is 0 Å². The fourth-order valence-electron chi connectivity index (χ4n) is 5.41. The van der Waals surface area contributed by atoms with Crippen molar-refractivity contribution >= 4 is 43.6 Å². The van der Waals surface area contributed by atoms with E-state index in [0.717, 1.165) is 21.8 Å². The average Bonchev–Trinajstić information content (AvgIpc) is 3.39. The number of carbonyl (C=O) groups excluding carboxylic acids is 2. The number of nitrogens with zero attached hydrogens (tertiary/aromatic N) is 4. The normalized spacial score (nSPS) is 15.1. The lowest BCUT2D eigenvalue weighted by Gasteiger charge is -2.34. The maximum absolute atomic E-state index is 13.5. The molecule has 1 N–H and O–H groups in total. The zero-order chi connectivity index (χ0) is 29.3. The van der Waals surface area contributed by atoms with E-state index in [1.54, 1.807) is 41.3 Å². The molecule has 1 aliphatic heterocycles. The number of para-hydroxylation sites is 2. The molecule has 214 valence electrons. The molecule has 2 amide bonds. The molecule has 42 heavy (non-hydrogen) atoms. The molecule has 5 aromatic rings. The van der Waals surface area contributed by atoms with Gasteiger partial charge in [-0.25, -0.2) is 13.4 Å². The summed E-state index contributed by atoms with van der Waals surface area (Å²) in [5.41, 5.74) is 2.06. The van der Waals surface area contributed by atoms with Gasteiger partial charge in [0, 0.05) is 31.7 Å². The zero-order valence-corrected chi connectivity index (χ0v) is 24.0. The van der Waals surface area contributed by atoms with Gasteiger partial charge in [0.15, 0.2) is 0 Å². The van der Waals surface area contributed by atoms with Gasteiger partial charge < -0.3 is 14.8 Å². The molecule has 2 heterocycles. The third-order valence-corrected chi connectivity index (χ3v) is 9.59. The Balaban J connectivity index is 1.16. The van der Waals surface area contributed by atoms with E-state index in [1.165, 1.54) is 4.31 Å². The number of carbonyl (C=O) groups is 2. The molecule has 0 radical (unpaired) electrons. The molecule has 0 spiro atoms. The molecule has 1 aliphatic rings. The Morgan fingerprint density at radius 3 is 2.26 bits per heavy atom. The van der Waals surface area contributed by atoms with Crippen LogP contribution in [0.5, 0.6) is 0 Å². The van der Waals surface area contributed by atoms with E-state index >= 15 is 0 Å². The van der Waals surface area contributed by atoms with E-state index in [4.69, 9.17) is 4.98 Å². The molecule has 1 fully saturated rings. The van der Waals surface area contributed by atoms with Crippen molar-refractivity contribution in [1.29, 1.82) is 0 Å². The van der Waals surface area contributed by atoms with Crippen molar-refractivity contribution in [2.45, 2.75) is 24.4 Å². The predicted molar refractivity (Wildman–Crippen MR) is 161 cm³/mol. The molecule has 1 atom stereocenters. The van der Waals surface area contributed by atoms with Crippen molar-refractivity contribution in [2.24, 2.45) is 0 Å². The number of amides is 2. The second-order valence-corrected chi connectivity index (χ2v) is 12.3. The molecule has 9 nitrogen and oxygen atoms in total. The minimum Gasteiger partial charge on any atom is -0.342 e. The first-order chi connectivity index (χ1) is 20.3. The quantitative estimate of drug-likeness (QED) is 0.310. The minimum absolute atomic E-state index is 0.0266. The summed E-state index contributed by atoms with van der Waals surface area (Å²) in [5.74, 6) is 0.215. The van der Waals surface area contributed by atoms with Gasteiger partial charge in [0.25, 0.3) is 5.91 Å². The molecule has 1 aromatic heterocycles. The fraction of sp³-hybridized carbons (Fsp3) is 0.219. The van der Waals surface area contributed by atoms with Gasteiger partial charge in [-0.3, -0.25) is 9.59 Å². The van der Waals surface area contributed by atoms with Gasteiger partial charge >= 0.3 is 0 Å². The number of fused-ring (bicyclic) bond motifs is 2. The van der Waals surface area contributed by atoms with Gasteiger partial charge in [0.05, 0.1) is 22.0 Å². The predicted octanol–water partition coefficient (Wildman–Crippen LogP) is 4.21. The van der Waals surface area contributed by atoms with Crippen LogP contribution in [0, 0.1) is 0 Å². The highest BCUT2D eigenvalue weighted by atomic mass is 32.2. The molecule has 10 heteroatoms. The number of piperazine rings is 1. The Kier molecular flexibility index (Phi) is 7.49. The smallest absolute Gasteiger partial charge is 0.251 e. The Bertz CT molecular complexity index is 1880. The highest BCUT2D eigenvalue weighted by Gasteiger charge is 2.31. The highest BCUT2D eigenvalue weighted by molar-refractivity contribution is 7.89. The van der Waals surface area contributed by atoms with Crippen LogP contribution >= 0.6 is 0 Å². The van der Waals surface area contributed by atoms with Crippen LogP contribution < -0.4 is 5.32 Å². The lowest BCUT2D eigenvalue weighted by molar-refractivity contribution is -0.133. The molecule has 0 saturated carbocycles. The largest absolute Gasteiger partial charge is 0.342 e. The summed E-state index contributed by atoms with van der Waals surface area (Å²) in [6.07, 6.45) is 0. The van der Waals surface area contributed by atoms with Gasteiger partial charge in [-0.05, 0) is 54.1 Å². The number of nitrogens with one attached hydrogen (secondary N) is 1. The first-order valence-corrected chi connectivity index (χ1v) is 15.3. The Morgan fingerprint density at radius 2 is 1.50 bits per heavy atom. The molecular formula is C32H31N5O4S. The van der Waals surface area contributed by atoms with Crippen LogP contribution in [-0.4, -0.2) is 65.2 Å². The first-order valence-electron chi connectivity index (χ1n) is 13.9. The maximum Gasteiger partial charge on any atom is 0.251 e. The number of hydrogen-bond acceptors (Lipinski definition) is 5. The number of imidazole rings is 1. The van der Waals surface area contributed by atoms with E-state index in [0.29, 0.717) is 11.4 Å². The fourth-order valence-corrected chi connectivity index (χ4v) is 6.87. The summed E-state index contributed by atoms with van der Waals surface area (Å²) in [6.45, 7) is 2.87. The number of sulfonamides is 1. The van der Waals surface area contributed by atoms with E-state index in [9.17, 15) is 18.0 Å². The number of benzene rings is 4. The standard InChI is InChI=1S/C32H31N5O4S/c1-23(33-32(39)25-10-3-2-4-11-25)31-34-28-13-7-8-14-29(28)37(31)22-30(38)35-17-19-36(20-18-35)42(40,41)27-16-15-24-9-5-6-12-26(24)21-27/h2-16,21,23H,17-20,22H2,1H3,(H,33,39)/t23-/m1/s1. The van der Waals surface area contributed by atoms with Crippen molar-refractivity contribution in [3.05, 3.63) is 108 Å². The van der Waals surface area contributed by atoms with Crippen molar-refractivity contribution in [2.75, 3.05) is 26.2 Å². The van der Waals surface area contributed by atoms with E-state index in [-0.39, 0.29) is 49.4 Å². The van der Waals surface area contributed by atoms with E-state index < -0.39 is 16.1 Å². The highest BCUT2D eigenvalue weighted by Crippen LogP contribution is 2.24. The third-order valence-electron chi connectivity index (χ3n) is 7.70. The summed E-state index contributed by atoms with van der Waals surface area (Å²) in [4.78, 5) is 33.0. The van der Waals surface area contributed by atoms with Crippen LogP contribution in [0.25, 0.3) is 21.8 Å². The van der Waals surface area contributed by atoms with Crippen molar-refractivity contribution in [1.82, 2.24) is 24.1 Å².